The molecular formula is C10H19NO3S2Si. The molecule has 0 atom stereocenters. The molecule has 98 valence electrons. The lowest BCUT2D eigenvalue weighted by Gasteiger charge is -2.15. The van der Waals surface area contributed by atoms with Crippen LogP contribution >= 0.6 is 11.3 Å². The van der Waals surface area contributed by atoms with Crippen molar-refractivity contribution in [1.82, 2.24) is 0 Å². The molecule has 0 fully saturated rings. The number of hydrogen-bond acceptors (Lipinski definition) is 4. The van der Waals surface area contributed by atoms with E-state index in [2.05, 4.69) is 19.6 Å². The summed E-state index contributed by atoms with van der Waals surface area (Å²) in [5.41, 5.74) is 0.660. The number of nitrogens with two attached hydrogens (primary N) is 1. The largest absolute Gasteiger partial charge is 0.377 e. The van der Waals surface area contributed by atoms with Gasteiger partial charge in [-0.3, -0.25) is 0 Å². The number of rotatable bonds is 6. The van der Waals surface area contributed by atoms with Gasteiger partial charge in [0.1, 0.15) is 4.21 Å². The van der Waals surface area contributed by atoms with E-state index in [0.29, 0.717) is 18.8 Å². The molecule has 0 saturated carbocycles. The second-order valence-electron chi connectivity index (χ2n) is 5.14. The zero-order valence-electron chi connectivity index (χ0n) is 10.4. The van der Waals surface area contributed by atoms with Gasteiger partial charge in [-0.2, -0.15) is 0 Å². The molecule has 1 aromatic heterocycles. The second kappa shape index (κ2) is 5.62. The third kappa shape index (κ3) is 5.30. The number of hydrogen-bond donors (Lipinski definition) is 1. The Bertz CT molecular complexity index is 462. The van der Waals surface area contributed by atoms with E-state index in [4.69, 9.17) is 9.88 Å². The molecule has 0 unspecified atom stereocenters. The van der Waals surface area contributed by atoms with Gasteiger partial charge in [-0.25, -0.2) is 13.6 Å². The van der Waals surface area contributed by atoms with Crippen molar-refractivity contribution < 1.29 is 13.2 Å². The van der Waals surface area contributed by atoms with Gasteiger partial charge >= 0.3 is 0 Å². The first-order valence-corrected chi connectivity index (χ1v) is 11.5. The predicted octanol–water partition coefficient (Wildman–Crippen LogP) is 2.25. The Kier molecular flexibility index (Phi) is 4.91. The minimum atomic E-state index is -3.61. The molecule has 0 saturated heterocycles. The van der Waals surface area contributed by atoms with E-state index in [9.17, 15) is 8.42 Å². The van der Waals surface area contributed by atoms with Gasteiger partial charge in [-0.15, -0.1) is 11.3 Å². The zero-order chi connectivity index (χ0) is 13.1. The Morgan fingerprint density at radius 1 is 1.41 bits per heavy atom. The molecule has 1 aromatic rings. The molecule has 0 aliphatic carbocycles. The summed E-state index contributed by atoms with van der Waals surface area (Å²) in [5, 5.41) is 6.83. The average Bonchev–Trinajstić information content (AvgIpc) is 2.58. The second-order valence-corrected chi connectivity index (χ2v) is 13.4. The van der Waals surface area contributed by atoms with Crippen LogP contribution in [-0.2, 0) is 21.4 Å². The average molecular weight is 293 g/mol. The zero-order valence-corrected chi connectivity index (χ0v) is 13.0. The smallest absolute Gasteiger partial charge is 0.247 e. The molecular weight excluding hydrogens is 274 g/mol. The molecule has 1 heterocycles. The third-order valence-corrected chi connectivity index (χ3v) is 6.44. The van der Waals surface area contributed by atoms with Gasteiger partial charge in [0.25, 0.3) is 0 Å². The van der Waals surface area contributed by atoms with E-state index in [1.54, 1.807) is 11.4 Å². The highest BCUT2D eigenvalue weighted by atomic mass is 32.2. The van der Waals surface area contributed by atoms with E-state index < -0.39 is 18.1 Å². The van der Waals surface area contributed by atoms with Crippen LogP contribution in [0, 0.1) is 0 Å². The van der Waals surface area contributed by atoms with Gasteiger partial charge in [0, 0.05) is 20.2 Å². The Labute approximate surface area is 108 Å². The Morgan fingerprint density at radius 3 is 2.59 bits per heavy atom. The maximum atomic E-state index is 11.2. The lowest BCUT2D eigenvalue weighted by atomic mass is 10.4. The van der Waals surface area contributed by atoms with Gasteiger partial charge in [-0.1, -0.05) is 19.6 Å². The van der Waals surface area contributed by atoms with E-state index in [0.717, 1.165) is 17.4 Å². The molecule has 4 nitrogen and oxygen atoms in total. The first-order valence-electron chi connectivity index (χ1n) is 5.37. The van der Waals surface area contributed by atoms with Crippen LogP contribution in [0.4, 0.5) is 0 Å². The summed E-state index contributed by atoms with van der Waals surface area (Å²) in [6.45, 7) is 7.82. The van der Waals surface area contributed by atoms with Crippen LogP contribution < -0.4 is 5.14 Å². The van der Waals surface area contributed by atoms with Crippen molar-refractivity contribution in [2.24, 2.45) is 5.14 Å². The Morgan fingerprint density at radius 2 is 2.06 bits per heavy atom. The summed E-state index contributed by atoms with van der Waals surface area (Å²) in [6, 6.07) is 2.82. The molecule has 1 rings (SSSR count). The minimum absolute atomic E-state index is 0.213. The molecule has 0 aliphatic rings. The van der Waals surface area contributed by atoms with Crippen molar-refractivity contribution in [3.05, 3.63) is 17.0 Å². The van der Waals surface area contributed by atoms with E-state index >= 15 is 0 Å². The van der Waals surface area contributed by atoms with Crippen molar-refractivity contribution in [3.8, 4) is 0 Å². The fraction of sp³-hybridized carbons (Fsp3) is 0.600. The number of ether oxygens (including phenoxy) is 1. The molecule has 0 amide bonds. The first-order chi connectivity index (χ1) is 7.70. The van der Waals surface area contributed by atoms with Gasteiger partial charge in [0.2, 0.25) is 10.0 Å². The van der Waals surface area contributed by atoms with Crippen molar-refractivity contribution in [3.63, 3.8) is 0 Å². The maximum Gasteiger partial charge on any atom is 0.247 e. The van der Waals surface area contributed by atoms with Crippen LogP contribution in [0.2, 0.25) is 25.7 Å². The monoisotopic (exact) mass is 293 g/mol. The number of primary sulfonamides is 1. The summed E-state index contributed by atoms with van der Waals surface area (Å²) in [6.07, 6.45) is 0. The molecule has 0 aliphatic heterocycles. The van der Waals surface area contributed by atoms with Crippen LogP contribution in [0.1, 0.15) is 5.56 Å². The highest BCUT2D eigenvalue weighted by Gasteiger charge is 2.16. The normalized spacial score (nSPS) is 12.9. The summed E-state index contributed by atoms with van der Waals surface area (Å²) in [4.78, 5) is 0. The molecule has 17 heavy (non-hydrogen) atoms. The van der Waals surface area contributed by atoms with Crippen molar-refractivity contribution in [1.29, 1.82) is 0 Å². The maximum absolute atomic E-state index is 11.2. The Hall–Kier alpha value is -0.213. The number of thiophene rings is 1. The molecule has 2 N–H and O–H groups in total. The molecule has 0 radical (unpaired) electrons. The predicted molar refractivity (Wildman–Crippen MR) is 73.5 cm³/mol. The summed E-state index contributed by atoms with van der Waals surface area (Å²) < 4.78 is 28.2. The van der Waals surface area contributed by atoms with E-state index in [1.807, 2.05) is 0 Å². The van der Waals surface area contributed by atoms with Crippen LogP contribution in [0.5, 0.6) is 0 Å². The van der Waals surface area contributed by atoms with Gasteiger partial charge in [0.15, 0.2) is 0 Å². The molecule has 0 spiro atoms. The van der Waals surface area contributed by atoms with Crippen LogP contribution in [0.25, 0.3) is 0 Å². The van der Waals surface area contributed by atoms with E-state index in [-0.39, 0.29) is 4.21 Å². The topological polar surface area (TPSA) is 69.4 Å². The molecule has 7 heteroatoms. The van der Waals surface area contributed by atoms with Gasteiger partial charge in [-0.05, 0) is 17.5 Å². The molecule has 0 bridgehead atoms. The fourth-order valence-electron chi connectivity index (χ4n) is 1.24. The SMILES string of the molecule is C[Si](C)(C)CCOCc1ccsc1S(N)(=O)=O. The van der Waals surface area contributed by atoms with E-state index in [1.165, 1.54) is 0 Å². The third-order valence-electron chi connectivity index (χ3n) is 2.22. The quantitative estimate of drug-likeness (QED) is 0.646. The van der Waals surface area contributed by atoms with Crippen molar-refractivity contribution in [2.75, 3.05) is 6.61 Å². The molecule has 0 aromatic carbocycles. The lowest BCUT2D eigenvalue weighted by molar-refractivity contribution is 0.132. The summed E-state index contributed by atoms with van der Waals surface area (Å²) in [5.74, 6) is 0. The highest BCUT2D eigenvalue weighted by Crippen LogP contribution is 2.22. The summed E-state index contributed by atoms with van der Waals surface area (Å²) in [7, 11) is -4.70. The van der Waals surface area contributed by atoms with Crippen molar-refractivity contribution in [2.45, 2.75) is 36.5 Å². The van der Waals surface area contributed by atoms with Gasteiger partial charge in [0.05, 0.1) is 6.61 Å². The standard InChI is InChI=1S/C10H19NO3S2Si/c1-17(2,3)7-5-14-8-9-4-6-15-10(9)16(11,12)13/h4,6H,5,7-8H2,1-3H3,(H2,11,12,13). The summed E-state index contributed by atoms with van der Waals surface area (Å²) >= 11 is 1.14. The lowest BCUT2D eigenvalue weighted by Crippen LogP contribution is -2.21. The van der Waals surface area contributed by atoms with Crippen LogP contribution in [0.3, 0.4) is 0 Å². The number of sulfonamides is 1. The van der Waals surface area contributed by atoms with Crippen LogP contribution in [-0.4, -0.2) is 23.1 Å². The fourth-order valence-corrected chi connectivity index (χ4v) is 3.83. The Balaban J connectivity index is 2.51. The first kappa shape index (κ1) is 14.8. The highest BCUT2D eigenvalue weighted by molar-refractivity contribution is 7.91. The minimum Gasteiger partial charge on any atom is -0.377 e. The van der Waals surface area contributed by atoms with Gasteiger partial charge < -0.3 is 4.74 Å². The van der Waals surface area contributed by atoms with Crippen LogP contribution in [0.15, 0.2) is 15.7 Å². The van der Waals surface area contributed by atoms with Crippen molar-refractivity contribution >= 4 is 29.4 Å².